The summed E-state index contributed by atoms with van der Waals surface area (Å²) < 4.78 is 0. The molecule has 0 bridgehead atoms. The summed E-state index contributed by atoms with van der Waals surface area (Å²) in [6.07, 6.45) is 18.1. The molecule has 172 valence electrons. The van der Waals surface area contributed by atoms with E-state index in [1.54, 1.807) is 0 Å². The Kier molecular flexibility index (Phi) is 4.18. The van der Waals surface area contributed by atoms with Gasteiger partial charge in [-0.2, -0.15) is 0 Å². The number of nitrogens with zero attached hydrogens (tertiary/aromatic N) is 2. The molecule has 0 radical (unpaired) electrons. The zero-order chi connectivity index (χ0) is 24.4. The lowest BCUT2D eigenvalue weighted by Crippen LogP contribution is -2.29. The fraction of sp³-hybridized carbons (Fsp3) is 0.0286. The molecule has 3 aromatic carbocycles. The van der Waals surface area contributed by atoms with Gasteiger partial charge in [-0.1, -0.05) is 109 Å². The Morgan fingerprint density at radius 3 is 1.95 bits per heavy atom. The van der Waals surface area contributed by atoms with E-state index >= 15 is 0 Å². The van der Waals surface area contributed by atoms with Crippen molar-refractivity contribution in [2.45, 2.75) is 0 Å². The molecule has 1 aromatic heterocycles. The summed E-state index contributed by atoms with van der Waals surface area (Å²) in [6, 6.07) is 29.7. The maximum absolute atomic E-state index is 5.13. The predicted octanol–water partition coefficient (Wildman–Crippen LogP) is 8.06. The van der Waals surface area contributed by atoms with Crippen LogP contribution >= 0.6 is 0 Å². The highest BCUT2D eigenvalue weighted by molar-refractivity contribution is 6.10. The van der Waals surface area contributed by atoms with Gasteiger partial charge in [0, 0.05) is 11.8 Å². The van der Waals surface area contributed by atoms with Crippen LogP contribution in [0.4, 0.5) is 0 Å². The van der Waals surface area contributed by atoms with Crippen molar-refractivity contribution in [1.82, 2.24) is 9.97 Å². The molecule has 1 spiro atoms. The van der Waals surface area contributed by atoms with Crippen LogP contribution in [0.2, 0.25) is 0 Å². The van der Waals surface area contributed by atoms with Crippen LogP contribution in [0.5, 0.6) is 0 Å². The molecule has 4 aliphatic carbocycles. The van der Waals surface area contributed by atoms with Gasteiger partial charge < -0.3 is 0 Å². The van der Waals surface area contributed by atoms with Crippen molar-refractivity contribution in [3.63, 3.8) is 0 Å². The number of aromatic nitrogens is 2. The van der Waals surface area contributed by atoms with Gasteiger partial charge in [0.05, 0.1) is 11.1 Å². The van der Waals surface area contributed by atoms with Gasteiger partial charge in [0.1, 0.15) is 0 Å². The molecule has 2 nitrogen and oxygen atoms in total. The second-order valence-corrected chi connectivity index (χ2v) is 9.83. The SMILES string of the molecule is C1=CC2(C3=Cc4ccccc4C3=C1)C1=Cc3ccccc3C1=CC=C2c1ccnc(-c2ccccc2)n1. The Morgan fingerprint density at radius 1 is 0.568 bits per heavy atom. The monoisotopic (exact) mass is 470 g/mol. The predicted molar refractivity (Wildman–Crippen MR) is 152 cm³/mol. The molecule has 0 saturated heterocycles. The van der Waals surface area contributed by atoms with Crippen molar-refractivity contribution in [3.05, 3.63) is 161 Å². The minimum absolute atomic E-state index is 0.450. The van der Waals surface area contributed by atoms with Crippen LogP contribution < -0.4 is 0 Å². The molecule has 0 N–H and O–H groups in total. The first-order valence-electron chi connectivity index (χ1n) is 12.7. The third kappa shape index (κ3) is 2.81. The average molecular weight is 471 g/mol. The summed E-state index contributed by atoms with van der Waals surface area (Å²) in [4.78, 5) is 9.75. The van der Waals surface area contributed by atoms with Gasteiger partial charge in [-0.05, 0) is 68.3 Å². The largest absolute Gasteiger partial charge is 0.237 e. The fourth-order valence-electron chi connectivity index (χ4n) is 6.32. The Morgan fingerprint density at radius 2 is 1.22 bits per heavy atom. The zero-order valence-electron chi connectivity index (χ0n) is 20.1. The second-order valence-electron chi connectivity index (χ2n) is 9.83. The molecule has 1 heterocycles. The highest BCUT2D eigenvalue weighted by atomic mass is 14.9. The van der Waals surface area contributed by atoms with Gasteiger partial charge in [-0.25, -0.2) is 9.97 Å². The van der Waals surface area contributed by atoms with E-state index in [4.69, 9.17) is 4.98 Å². The van der Waals surface area contributed by atoms with Crippen LogP contribution in [0.3, 0.4) is 0 Å². The minimum Gasteiger partial charge on any atom is -0.237 e. The Hall–Kier alpha value is -4.82. The van der Waals surface area contributed by atoms with Crippen molar-refractivity contribution in [2.24, 2.45) is 5.41 Å². The molecule has 0 amide bonds. The molecule has 0 saturated carbocycles. The quantitative estimate of drug-likeness (QED) is 0.296. The number of fused-ring (bicyclic) bond motifs is 8. The summed E-state index contributed by atoms with van der Waals surface area (Å²) in [5.74, 6) is 0.742. The van der Waals surface area contributed by atoms with E-state index in [2.05, 4.69) is 114 Å². The topological polar surface area (TPSA) is 25.8 Å². The highest BCUT2D eigenvalue weighted by Gasteiger charge is 2.48. The van der Waals surface area contributed by atoms with Crippen molar-refractivity contribution in [1.29, 1.82) is 0 Å². The molecule has 0 fully saturated rings. The van der Waals surface area contributed by atoms with Crippen LogP contribution in [0, 0.1) is 5.41 Å². The first-order valence-corrected chi connectivity index (χ1v) is 12.7. The normalized spacial score (nSPS) is 20.2. The van der Waals surface area contributed by atoms with Gasteiger partial charge in [0.25, 0.3) is 0 Å². The van der Waals surface area contributed by atoms with E-state index in [1.807, 2.05) is 24.4 Å². The van der Waals surface area contributed by atoms with Crippen LogP contribution in [0.1, 0.15) is 27.9 Å². The third-order valence-corrected chi connectivity index (χ3v) is 7.95. The number of hydrogen-bond donors (Lipinski definition) is 0. The summed E-state index contributed by atoms with van der Waals surface area (Å²) in [5.41, 5.74) is 13.0. The van der Waals surface area contributed by atoms with E-state index in [0.717, 1.165) is 17.1 Å². The third-order valence-electron chi connectivity index (χ3n) is 7.95. The first kappa shape index (κ1) is 20.4. The van der Waals surface area contributed by atoms with Gasteiger partial charge in [0.2, 0.25) is 0 Å². The molecule has 2 heteroatoms. The van der Waals surface area contributed by atoms with Gasteiger partial charge >= 0.3 is 0 Å². The molecular formula is C35H22N2. The summed E-state index contributed by atoms with van der Waals surface area (Å²) in [7, 11) is 0. The fourth-order valence-corrected chi connectivity index (χ4v) is 6.32. The van der Waals surface area contributed by atoms with Crippen LogP contribution in [0.15, 0.2) is 133 Å². The Labute approximate surface area is 216 Å². The van der Waals surface area contributed by atoms with E-state index in [9.17, 15) is 0 Å². The first-order chi connectivity index (χ1) is 18.3. The lowest BCUT2D eigenvalue weighted by Gasteiger charge is -2.41. The summed E-state index contributed by atoms with van der Waals surface area (Å²) in [6.45, 7) is 0. The van der Waals surface area contributed by atoms with Gasteiger partial charge in [-0.15, -0.1) is 0 Å². The smallest absolute Gasteiger partial charge is 0.159 e. The van der Waals surface area contributed by atoms with E-state index in [0.29, 0.717) is 0 Å². The van der Waals surface area contributed by atoms with Crippen LogP contribution in [0.25, 0.3) is 40.3 Å². The lowest BCUT2D eigenvalue weighted by molar-refractivity contribution is 0.773. The van der Waals surface area contributed by atoms with Crippen molar-refractivity contribution >= 4 is 28.9 Å². The number of benzene rings is 3. The van der Waals surface area contributed by atoms with Crippen LogP contribution in [-0.4, -0.2) is 9.97 Å². The maximum Gasteiger partial charge on any atom is 0.159 e. The molecule has 0 aliphatic heterocycles. The minimum atomic E-state index is -0.450. The molecular weight excluding hydrogens is 448 g/mol. The summed E-state index contributed by atoms with van der Waals surface area (Å²) >= 11 is 0. The van der Waals surface area contributed by atoms with E-state index < -0.39 is 5.41 Å². The van der Waals surface area contributed by atoms with Crippen molar-refractivity contribution in [2.75, 3.05) is 0 Å². The molecule has 37 heavy (non-hydrogen) atoms. The molecule has 1 atom stereocenters. The number of rotatable bonds is 2. The average Bonchev–Trinajstić information content (AvgIpc) is 3.54. The Balaban J connectivity index is 1.39. The van der Waals surface area contributed by atoms with E-state index in [1.165, 1.54) is 50.1 Å². The number of hydrogen-bond acceptors (Lipinski definition) is 2. The maximum atomic E-state index is 5.13. The lowest BCUT2D eigenvalue weighted by atomic mass is 9.60. The van der Waals surface area contributed by atoms with Gasteiger partial charge in [-0.3, -0.25) is 0 Å². The molecule has 4 aromatic rings. The van der Waals surface area contributed by atoms with Crippen molar-refractivity contribution < 1.29 is 0 Å². The zero-order valence-corrected chi connectivity index (χ0v) is 20.1. The highest BCUT2D eigenvalue weighted by Crippen LogP contribution is 2.63. The molecule has 4 aliphatic rings. The standard InChI is InChI=1S/C35H22N2/c1-2-9-23(10-3-1)34-36-20-18-33(37-34)30-17-16-29-27-14-7-5-12-25(27)22-32(29)35(30)19-8-15-28-26-13-6-4-11-24(26)21-31(28)35/h1-22H. The molecule has 8 rings (SSSR count). The van der Waals surface area contributed by atoms with E-state index in [-0.39, 0.29) is 0 Å². The molecule has 1 unspecified atom stereocenters. The second kappa shape index (κ2) is 7.59. The number of allylic oxidation sites excluding steroid dienone is 10. The van der Waals surface area contributed by atoms with Gasteiger partial charge in [0.15, 0.2) is 5.82 Å². The Bertz CT molecular complexity index is 1790. The summed E-state index contributed by atoms with van der Waals surface area (Å²) in [5, 5.41) is 0. The van der Waals surface area contributed by atoms with Crippen LogP contribution in [-0.2, 0) is 0 Å². The van der Waals surface area contributed by atoms with Crippen molar-refractivity contribution in [3.8, 4) is 11.4 Å².